The van der Waals surface area contributed by atoms with Crippen LogP contribution in [-0.2, 0) is 0 Å². The third kappa shape index (κ3) is 4.87. The van der Waals surface area contributed by atoms with Gasteiger partial charge in [-0.15, -0.1) is 0 Å². The van der Waals surface area contributed by atoms with E-state index in [4.69, 9.17) is 10.8 Å². The highest BCUT2D eigenvalue weighted by Crippen LogP contribution is 2.14. The summed E-state index contributed by atoms with van der Waals surface area (Å²) in [5.74, 6) is -0.892. The van der Waals surface area contributed by atoms with Gasteiger partial charge in [-0.2, -0.15) is 0 Å². The SMILES string of the molecule is NCCCCCCNc1ccccc1C(=O)O. The maximum Gasteiger partial charge on any atom is 0.337 e. The highest BCUT2D eigenvalue weighted by molar-refractivity contribution is 5.94. The molecular weight excluding hydrogens is 216 g/mol. The molecule has 0 amide bonds. The van der Waals surface area contributed by atoms with Crippen LogP contribution in [0.2, 0.25) is 0 Å². The first-order valence-electron chi connectivity index (χ1n) is 6.02. The van der Waals surface area contributed by atoms with Gasteiger partial charge in [0.15, 0.2) is 0 Å². The number of aromatic carboxylic acids is 1. The van der Waals surface area contributed by atoms with Gasteiger partial charge in [-0.1, -0.05) is 25.0 Å². The molecule has 0 unspecified atom stereocenters. The molecule has 0 aliphatic rings. The van der Waals surface area contributed by atoms with E-state index in [0.29, 0.717) is 11.3 Å². The Morgan fingerprint density at radius 3 is 2.59 bits per heavy atom. The number of hydrogen-bond donors (Lipinski definition) is 3. The maximum absolute atomic E-state index is 10.9. The summed E-state index contributed by atoms with van der Waals surface area (Å²) in [6.07, 6.45) is 4.36. The minimum absolute atomic E-state index is 0.328. The van der Waals surface area contributed by atoms with Crippen LogP contribution >= 0.6 is 0 Å². The van der Waals surface area contributed by atoms with E-state index >= 15 is 0 Å². The molecule has 94 valence electrons. The Kier molecular flexibility index (Phi) is 6.10. The molecule has 1 aromatic rings. The fraction of sp³-hybridized carbons (Fsp3) is 0.462. The van der Waals surface area contributed by atoms with Gasteiger partial charge >= 0.3 is 5.97 Å². The number of carboxylic acids is 1. The molecule has 4 heteroatoms. The number of benzene rings is 1. The molecule has 0 aliphatic carbocycles. The van der Waals surface area contributed by atoms with Crippen molar-refractivity contribution in [2.45, 2.75) is 25.7 Å². The van der Waals surface area contributed by atoms with E-state index in [9.17, 15) is 4.79 Å². The minimum atomic E-state index is -0.892. The molecule has 1 rings (SSSR count). The molecule has 4 nitrogen and oxygen atoms in total. The Morgan fingerprint density at radius 1 is 1.18 bits per heavy atom. The zero-order valence-corrected chi connectivity index (χ0v) is 9.98. The maximum atomic E-state index is 10.9. The largest absolute Gasteiger partial charge is 0.478 e. The topological polar surface area (TPSA) is 75.3 Å². The van der Waals surface area contributed by atoms with Crippen LogP contribution in [0.5, 0.6) is 0 Å². The molecule has 0 radical (unpaired) electrons. The van der Waals surface area contributed by atoms with E-state index in [1.54, 1.807) is 18.2 Å². The number of carbonyl (C=O) groups is 1. The number of hydrogen-bond acceptors (Lipinski definition) is 3. The van der Waals surface area contributed by atoms with Crippen molar-refractivity contribution in [2.75, 3.05) is 18.4 Å². The van der Waals surface area contributed by atoms with E-state index in [1.807, 2.05) is 6.07 Å². The van der Waals surface area contributed by atoms with Crippen LogP contribution in [-0.4, -0.2) is 24.2 Å². The standard InChI is InChI=1S/C13H20N2O2/c14-9-5-1-2-6-10-15-12-8-4-3-7-11(12)13(16)17/h3-4,7-8,15H,1-2,5-6,9-10,14H2,(H,16,17). The summed E-state index contributed by atoms with van der Waals surface area (Å²) in [6.45, 7) is 1.55. The second kappa shape index (κ2) is 7.68. The minimum Gasteiger partial charge on any atom is -0.478 e. The van der Waals surface area contributed by atoms with Crippen molar-refractivity contribution in [3.8, 4) is 0 Å². The predicted molar refractivity (Wildman–Crippen MR) is 69.4 cm³/mol. The Hall–Kier alpha value is -1.55. The summed E-state index contributed by atoms with van der Waals surface area (Å²) in [6, 6.07) is 6.97. The Balaban J connectivity index is 2.34. The Morgan fingerprint density at radius 2 is 1.88 bits per heavy atom. The molecule has 4 N–H and O–H groups in total. The van der Waals surface area contributed by atoms with E-state index < -0.39 is 5.97 Å². The number of nitrogens with one attached hydrogen (secondary N) is 1. The van der Waals surface area contributed by atoms with Gasteiger partial charge in [0.25, 0.3) is 0 Å². The van der Waals surface area contributed by atoms with Crippen LogP contribution in [0.15, 0.2) is 24.3 Å². The lowest BCUT2D eigenvalue weighted by molar-refractivity contribution is 0.0698. The van der Waals surface area contributed by atoms with Gasteiger partial charge in [-0.3, -0.25) is 0 Å². The van der Waals surface area contributed by atoms with Gasteiger partial charge in [-0.25, -0.2) is 4.79 Å². The van der Waals surface area contributed by atoms with Gasteiger partial charge in [0.05, 0.1) is 5.56 Å². The third-order valence-corrected chi connectivity index (χ3v) is 2.60. The Bertz CT molecular complexity index is 353. The lowest BCUT2D eigenvalue weighted by Gasteiger charge is -2.08. The summed E-state index contributed by atoms with van der Waals surface area (Å²) < 4.78 is 0. The first-order valence-corrected chi connectivity index (χ1v) is 6.02. The van der Waals surface area contributed by atoms with Crippen molar-refractivity contribution in [1.82, 2.24) is 0 Å². The summed E-state index contributed by atoms with van der Waals surface area (Å²) >= 11 is 0. The summed E-state index contributed by atoms with van der Waals surface area (Å²) in [5.41, 5.74) is 6.43. The molecule has 0 spiro atoms. The second-order valence-corrected chi connectivity index (χ2v) is 3.98. The molecule has 1 aromatic carbocycles. The van der Waals surface area contributed by atoms with Gasteiger partial charge in [-0.05, 0) is 31.5 Å². The molecule has 0 heterocycles. The van der Waals surface area contributed by atoms with Crippen molar-refractivity contribution < 1.29 is 9.90 Å². The van der Waals surface area contributed by atoms with E-state index in [0.717, 1.165) is 38.8 Å². The smallest absolute Gasteiger partial charge is 0.337 e. The highest BCUT2D eigenvalue weighted by Gasteiger charge is 2.07. The first kappa shape index (κ1) is 13.5. The fourth-order valence-corrected chi connectivity index (χ4v) is 1.67. The summed E-state index contributed by atoms with van der Waals surface area (Å²) in [5, 5.41) is 12.1. The molecular formula is C13H20N2O2. The second-order valence-electron chi connectivity index (χ2n) is 3.98. The lowest BCUT2D eigenvalue weighted by Crippen LogP contribution is -2.07. The number of rotatable bonds is 8. The molecule has 0 atom stereocenters. The monoisotopic (exact) mass is 236 g/mol. The number of nitrogens with two attached hydrogens (primary N) is 1. The van der Waals surface area contributed by atoms with Gasteiger partial charge in [0.2, 0.25) is 0 Å². The zero-order chi connectivity index (χ0) is 12.5. The van der Waals surface area contributed by atoms with Crippen LogP contribution in [0, 0.1) is 0 Å². The van der Waals surface area contributed by atoms with Crippen LogP contribution in [0.3, 0.4) is 0 Å². The molecule has 0 fully saturated rings. The average Bonchev–Trinajstić information content (AvgIpc) is 2.34. The normalized spacial score (nSPS) is 10.2. The number of anilines is 1. The Labute approximate surface area is 102 Å². The van der Waals surface area contributed by atoms with E-state index in [2.05, 4.69) is 5.32 Å². The molecule has 0 saturated heterocycles. The molecule has 0 bridgehead atoms. The van der Waals surface area contributed by atoms with E-state index in [-0.39, 0.29) is 0 Å². The molecule has 0 aliphatic heterocycles. The van der Waals surface area contributed by atoms with Crippen molar-refractivity contribution in [2.24, 2.45) is 5.73 Å². The third-order valence-electron chi connectivity index (χ3n) is 2.60. The average molecular weight is 236 g/mol. The van der Waals surface area contributed by atoms with Crippen molar-refractivity contribution in [3.63, 3.8) is 0 Å². The summed E-state index contributed by atoms with van der Waals surface area (Å²) in [4.78, 5) is 10.9. The van der Waals surface area contributed by atoms with Crippen molar-refractivity contribution in [3.05, 3.63) is 29.8 Å². The van der Waals surface area contributed by atoms with Crippen molar-refractivity contribution in [1.29, 1.82) is 0 Å². The van der Waals surface area contributed by atoms with E-state index in [1.165, 1.54) is 0 Å². The fourth-order valence-electron chi connectivity index (χ4n) is 1.67. The number of para-hydroxylation sites is 1. The molecule has 17 heavy (non-hydrogen) atoms. The number of unbranched alkanes of at least 4 members (excludes halogenated alkanes) is 3. The highest BCUT2D eigenvalue weighted by atomic mass is 16.4. The quantitative estimate of drug-likeness (QED) is 0.605. The first-order chi connectivity index (χ1) is 8.25. The van der Waals surface area contributed by atoms with Crippen LogP contribution in [0.4, 0.5) is 5.69 Å². The van der Waals surface area contributed by atoms with Crippen LogP contribution in [0.25, 0.3) is 0 Å². The predicted octanol–water partition coefficient (Wildman–Crippen LogP) is 2.32. The number of carboxylic acid groups (broad SMARTS) is 1. The van der Waals surface area contributed by atoms with Gasteiger partial charge in [0, 0.05) is 12.2 Å². The zero-order valence-electron chi connectivity index (χ0n) is 9.98. The van der Waals surface area contributed by atoms with Crippen LogP contribution < -0.4 is 11.1 Å². The van der Waals surface area contributed by atoms with Crippen LogP contribution in [0.1, 0.15) is 36.0 Å². The van der Waals surface area contributed by atoms with Gasteiger partial charge in [0.1, 0.15) is 0 Å². The molecule has 0 saturated carbocycles. The van der Waals surface area contributed by atoms with Gasteiger partial charge < -0.3 is 16.2 Å². The van der Waals surface area contributed by atoms with Crippen molar-refractivity contribution >= 4 is 11.7 Å². The molecule has 0 aromatic heterocycles. The summed E-state index contributed by atoms with van der Waals surface area (Å²) in [7, 11) is 0. The lowest BCUT2D eigenvalue weighted by atomic mass is 10.1.